The molecule has 0 aliphatic heterocycles. The van der Waals surface area contributed by atoms with Gasteiger partial charge in [0.15, 0.2) is 0 Å². The summed E-state index contributed by atoms with van der Waals surface area (Å²) in [5.41, 5.74) is 1.33. The highest BCUT2D eigenvalue weighted by molar-refractivity contribution is 6.23. The van der Waals surface area contributed by atoms with Gasteiger partial charge in [0.1, 0.15) is 0 Å². The number of hydrogen-bond donors (Lipinski definition) is 1. The average Bonchev–Trinajstić information content (AvgIpc) is 2.36. The molecule has 0 aliphatic rings. The van der Waals surface area contributed by atoms with Crippen LogP contribution in [-0.4, -0.2) is 35.1 Å². The molecule has 4 heteroatoms. The van der Waals surface area contributed by atoms with Crippen LogP contribution in [0.3, 0.4) is 0 Å². The molecule has 0 saturated heterocycles. The maximum absolute atomic E-state index is 10.8. The zero-order valence-electron chi connectivity index (χ0n) is 11.4. The van der Waals surface area contributed by atoms with Crippen molar-refractivity contribution in [2.75, 3.05) is 14.1 Å². The van der Waals surface area contributed by atoms with Crippen LogP contribution in [0.2, 0.25) is 0 Å². The number of benzene rings is 1. The van der Waals surface area contributed by atoms with Crippen molar-refractivity contribution in [3.8, 4) is 0 Å². The fraction of sp³-hybridized carbons (Fsp3) is 0.400. The highest BCUT2D eigenvalue weighted by atomic mass is 35.5. The van der Waals surface area contributed by atoms with Gasteiger partial charge < -0.3 is 5.11 Å². The molecule has 0 radical (unpaired) electrons. The van der Waals surface area contributed by atoms with Crippen molar-refractivity contribution in [2.45, 2.75) is 24.3 Å². The lowest BCUT2D eigenvalue weighted by molar-refractivity contribution is -0.132. The lowest BCUT2D eigenvalue weighted by Crippen LogP contribution is -2.41. The minimum Gasteiger partial charge on any atom is -0.478 e. The first-order chi connectivity index (χ1) is 8.85. The number of carbonyl (C=O) groups is 1. The molecule has 19 heavy (non-hydrogen) atoms. The molecule has 104 valence electrons. The van der Waals surface area contributed by atoms with Gasteiger partial charge in [-0.2, -0.15) is 0 Å². The van der Waals surface area contributed by atoms with Crippen LogP contribution in [0.25, 0.3) is 0 Å². The van der Waals surface area contributed by atoms with Crippen LogP contribution in [0.5, 0.6) is 0 Å². The van der Waals surface area contributed by atoms with Gasteiger partial charge in [-0.3, -0.25) is 4.90 Å². The number of hydrogen-bond acceptors (Lipinski definition) is 2. The van der Waals surface area contributed by atoms with Gasteiger partial charge in [-0.1, -0.05) is 36.9 Å². The smallest absolute Gasteiger partial charge is 0.330 e. The highest BCUT2D eigenvalue weighted by Gasteiger charge is 2.30. The van der Waals surface area contributed by atoms with E-state index in [4.69, 9.17) is 16.7 Å². The molecule has 0 heterocycles. The fourth-order valence-corrected chi connectivity index (χ4v) is 2.08. The maximum atomic E-state index is 10.8. The molecule has 1 N–H and O–H groups in total. The summed E-state index contributed by atoms with van der Waals surface area (Å²) in [5, 5.41) is 8.85. The predicted molar refractivity (Wildman–Crippen MR) is 78.4 cm³/mol. The van der Waals surface area contributed by atoms with Crippen molar-refractivity contribution in [3.05, 3.63) is 48.0 Å². The summed E-state index contributed by atoms with van der Waals surface area (Å²) >= 11 is 6.65. The monoisotopic (exact) mass is 281 g/mol. The first-order valence-corrected chi connectivity index (χ1v) is 6.54. The van der Waals surface area contributed by atoms with Crippen LogP contribution in [0.15, 0.2) is 42.5 Å². The fourth-order valence-electron chi connectivity index (χ4n) is 1.83. The molecule has 1 unspecified atom stereocenters. The Hall–Kier alpha value is -1.32. The van der Waals surface area contributed by atoms with E-state index in [0.29, 0.717) is 19.3 Å². The number of rotatable bonds is 7. The number of aliphatic carboxylic acids is 1. The van der Waals surface area contributed by atoms with Crippen LogP contribution in [0.4, 0.5) is 0 Å². The zero-order valence-corrected chi connectivity index (χ0v) is 12.2. The van der Waals surface area contributed by atoms with E-state index in [1.807, 2.05) is 49.3 Å². The third-order valence-corrected chi connectivity index (χ3v) is 3.89. The van der Waals surface area contributed by atoms with E-state index >= 15 is 0 Å². The SMILES string of the molecule is C=C(CCC(Cl)(Cc1ccccc1)N(C)C)C(=O)O. The molecule has 1 aromatic rings. The first kappa shape index (κ1) is 15.7. The summed E-state index contributed by atoms with van der Waals surface area (Å²) in [5.74, 6) is -0.961. The maximum Gasteiger partial charge on any atom is 0.330 e. The van der Waals surface area contributed by atoms with E-state index < -0.39 is 11.0 Å². The molecule has 0 aliphatic carbocycles. The number of carboxylic acid groups (broad SMARTS) is 1. The van der Waals surface area contributed by atoms with Crippen molar-refractivity contribution in [1.29, 1.82) is 0 Å². The highest BCUT2D eigenvalue weighted by Crippen LogP contribution is 2.30. The summed E-state index contributed by atoms with van der Waals surface area (Å²) in [4.78, 5) is 12.1. The van der Waals surface area contributed by atoms with Crippen LogP contribution in [-0.2, 0) is 11.2 Å². The Morgan fingerprint density at radius 1 is 1.37 bits per heavy atom. The Kier molecular flexibility index (Phi) is 5.58. The summed E-state index contributed by atoms with van der Waals surface area (Å²) in [6.45, 7) is 3.55. The molecule has 1 atom stereocenters. The number of halogens is 1. The molecule has 0 spiro atoms. The second-order valence-electron chi connectivity index (χ2n) is 4.88. The van der Waals surface area contributed by atoms with Crippen LogP contribution in [0, 0.1) is 0 Å². The van der Waals surface area contributed by atoms with E-state index in [2.05, 4.69) is 6.58 Å². The molecule has 0 bridgehead atoms. The minimum absolute atomic E-state index is 0.194. The summed E-state index contributed by atoms with van der Waals surface area (Å²) in [6, 6.07) is 9.94. The van der Waals surface area contributed by atoms with E-state index in [9.17, 15) is 4.79 Å². The van der Waals surface area contributed by atoms with E-state index in [-0.39, 0.29) is 5.57 Å². The van der Waals surface area contributed by atoms with Crippen molar-refractivity contribution >= 4 is 17.6 Å². The van der Waals surface area contributed by atoms with E-state index in [1.54, 1.807) is 0 Å². The largest absolute Gasteiger partial charge is 0.478 e. The van der Waals surface area contributed by atoms with Gasteiger partial charge in [-0.15, -0.1) is 11.6 Å². The van der Waals surface area contributed by atoms with E-state index in [1.165, 1.54) is 0 Å². The van der Waals surface area contributed by atoms with Crippen LogP contribution < -0.4 is 0 Å². The molecule has 0 aromatic heterocycles. The molecular formula is C15H20ClNO2. The molecule has 0 amide bonds. The van der Waals surface area contributed by atoms with Gasteiger partial charge >= 0.3 is 5.97 Å². The van der Waals surface area contributed by atoms with Crippen LogP contribution in [0.1, 0.15) is 18.4 Å². The number of carboxylic acids is 1. The van der Waals surface area contributed by atoms with Gasteiger partial charge in [-0.25, -0.2) is 4.79 Å². The molecule has 0 saturated carbocycles. The zero-order chi connectivity index (χ0) is 14.5. The van der Waals surface area contributed by atoms with E-state index in [0.717, 1.165) is 5.56 Å². The van der Waals surface area contributed by atoms with Crippen molar-refractivity contribution in [1.82, 2.24) is 4.90 Å². The third kappa shape index (κ3) is 4.69. The van der Waals surface area contributed by atoms with Gasteiger partial charge in [0.25, 0.3) is 0 Å². The van der Waals surface area contributed by atoms with Gasteiger partial charge in [0, 0.05) is 12.0 Å². The van der Waals surface area contributed by atoms with Gasteiger partial charge in [0.2, 0.25) is 0 Å². The van der Waals surface area contributed by atoms with Gasteiger partial charge in [-0.05, 0) is 32.5 Å². The Morgan fingerprint density at radius 2 is 1.95 bits per heavy atom. The lowest BCUT2D eigenvalue weighted by Gasteiger charge is -2.34. The summed E-state index contributed by atoms with van der Waals surface area (Å²) < 4.78 is 0. The van der Waals surface area contributed by atoms with Crippen molar-refractivity contribution in [2.24, 2.45) is 0 Å². The topological polar surface area (TPSA) is 40.5 Å². The van der Waals surface area contributed by atoms with Crippen molar-refractivity contribution in [3.63, 3.8) is 0 Å². The Bertz CT molecular complexity index is 445. The average molecular weight is 282 g/mol. The minimum atomic E-state index is -0.961. The molecule has 1 aromatic carbocycles. The normalized spacial score (nSPS) is 14.1. The second kappa shape index (κ2) is 6.73. The van der Waals surface area contributed by atoms with Gasteiger partial charge in [0.05, 0.1) is 5.00 Å². The number of alkyl halides is 1. The van der Waals surface area contributed by atoms with Crippen molar-refractivity contribution < 1.29 is 9.90 Å². The third-order valence-electron chi connectivity index (χ3n) is 3.23. The Morgan fingerprint density at radius 3 is 2.42 bits per heavy atom. The number of likely N-dealkylation sites (N-methyl/N-ethyl adjacent to an activating group) is 1. The first-order valence-electron chi connectivity index (χ1n) is 6.16. The standard InChI is InChI=1S/C15H20ClNO2/c1-12(14(18)19)9-10-15(16,17(2)3)11-13-7-5-4-6-8-13/h4-8H,1,9-11H2,2-3H3,(H,18,19). The lowest BCUT2D eigenvalue weighted by atomic mass is 9.98. The second-order valence-corrected chi connectivity index (χ2v) is 5.59. The molecule has 1 rings (SSSR count). The quantitative estimate of drug-likeness (QED) is 0.474. The van der Waals surface area contributed by atoms with Crippen LogP contribution >= 0.6 is 11.6 Å². The molecule has 0 fully saturated rings. The number of nitrogens with zero attached hydrogens (tertiary/aromatic N) is 1. The Balaban J connectivity index is 2.74. The predicted octanol–water partition coefficient (Wildman–Crippen LogP) is 3.15. The summed E-state index contributed by atoms with van der Waals surface area (Å²) in [6.07, 6.45) is 1.58. The molecule has 3 nitrogen and oxygen atoms in total. The molecular weight excluding hydrogens is 262 g/mol. The summed E-state index contributed by atoms with van der Waals surface area (Å²) in [7, 11) is 3.80. The Labute approximate surface area is 119 Å².